The van der Waals surface area contributed by atoms with E-state index in [4.69, 9.17) is 5.73 Å². The molecule has 0 aliphatic rings. The molecular formula is C17H23N3. The van der Waals surface area contributed by atoms with Gasteiger partial charge in [0, 0.05) is 24.3 Å². The average Bonchev–Trinajstić information content (AvgIpc) is 2.46. The lowest BCUT2D eigenvalue weighted by molar-refractivity contribution is 0.216. The maximum atomic E-state index is 6.36. The van der Waals surface area contributed by atoms with Crippen molar-refractivity contribution in [2.45, 2.75) is 32.5 Å². The molecule has 2 atom stereocenters. The van der Waals surface area contributed by atoms with Gasteiger partial charge in [-0.1, -0.05) is 36.4 Å². The summed E-state index contributed by atoms with van der Waals surface area (Å²) < 4.78 is 0. The highest BCUT2D eigenvalue weighted by molar-refractivity contribution is 5.20. The van der Waals surface area contributed by atoms with Crippen molar-refractivity contribution in [3.8, 4) is 0 Å². The van der Waals surface area contributed by atoms with E-state index in [0.29, 0.717) is 0 Å². The van der Waals surface area contributed by atoms with E-state index >= 15 is 0 Å². The molecule has 2 N–H and O–H groups in total. The number of rotatable bonds is 5. The van der Waals surface area contributed by atoms with Crippen molar-refractivity contribution in [3.63, 3.8) is 0 Å². The Morgan fingerprint density at radius 1 is 1.10 bits per heavy atom. The molecule has 3 nitrogen and oxygen atoms in total. The Morgan fingerprint density at radius 3 is 2.45 bits per heavy atom. The Labute approximate surface area is 121 Å². The van der Waals surface area contributed by atoms with Gasteiger partial charge in [0.25, 0.3) is 0 Å². The van der Waals surface area contributed by atoms with E-state index in [1.54, 1.807) is 0 Å². The highest BCUT2D eigenvalue weighted by Gasteiger charge is 2.19. The van der Waals surface area contributed by atoms with E-state index in [9.17, 15) is 0 Å². The van der Waals surface area contributed by atoms with Crippen molar-refractivity contribution in [1.82, 2.24) is 9.88 Å². The lowest BCUT2D eigenvalue weighted by atomic mass is 10.0. The van der Waals surface area contributed by atoms with Crippen LogP contribution in [0.3, 0.4) is 0 Å². The lowest BCUT2D eigenvalue weighted by Crippen LogP contribution is -2.38. The second-order valence-electron chi connectivity index (χ2n) is 5.36. The van der Waals surface area contributed by atoms with Crippen LogP contribution in [-0.4, -0.2) is 23.0 Å². The molecule has 0 spiro atoms. The first-order valence-electron chi connectivity index (χ1n) is 7.01. The number of aromatic nitrogens is 1. The topological polar surface area (TPSA) is 42.1 Å². The Morgan fingerprint density at radius 2 is 1.80 bits per heavy atom. The second-order valence-corrected chi connectivity index (χ2v) is 5.36. The number of pyridine rings is 1. The second kappa shape index (κ2) is 6.64. The number of hydrogen-bond acceptors (Lipinski definition) is 3. The SMILES string of the molecule is Cc1cccc(CN(C)C(C)C(N)c2ccccc2)n1. The fourth-order valence-electron chi connectivity index (χ4n) is 2.32. The Kier molecular flexibility index (Phi) is 4.88. The van der Waals surface area contributed by atoms with Crippen LogP contribution in [0.1, 0.15) is 29.9 Å². The van der Waals surface area contributed by atoms with Gasteiger partial charge in [-0.2, -0.15) is 0 Å². The minimum absolute atomic E-state index is 0.00556. The molecule has 0 saturated heterocycles. The predicted octanol–water partition coefficient (Wildman–Crippen LogP) is 2.91. The van der Waals surface area contributed by atoms with E-state index in [-0.39, 0.29) is 12.1 Å². The van der Waals surface area contributed by atoms with E-state index in [0.717, 1.165) is 17.9 Å². The normalized spacial score (nSPS) is 14.2. The van der Waals surface area contributed by atoms with Crippen LogP contribution in [0.15, 0.2) is 48.5 Å². The number of nitrogens with two attached hydrogens (primary N) is 1. The molecule has 1 aromatic carbocycles. The van der Waals surface area contributed by atoms with Crippen LogP contribution in [0.4, 0.5) is 0 Å². The molecule has 0 aliphatic heterocycles. The fourth-order valence-corrected chi connectivity index (χ4v) is 2.32. The van der Waals surface area contributed by atoms with E-state index < -0.39 is 0 Å². The highest BCUT2D eigenvalue weighted by Crippen LogP contribution is 2.18. The van der Waals surface area contributed by atoms with Gasteiger partial charge < -0.3 is 5.73 Å². The first kappa shape index (κ1) is 14.7. The van der Waals surface area contributed by atoms with Crippen LogP contribution >= 0.6 is 0 Å². The summed E-state index contributed by atoms with van der Waals surface area (Å²) in [5.41, 5.74) is 9.67. The van der Waals surface area contributed by atoms with Crippen molar-refractivity contribution in [2.24, 2.45) is 5.73 Å². The third-order valence-corrected chi connectivity index (χ3v) is 3.76. The number of nitrogens with zero attached hydrogens (tertiary/aromatic N) is 2. The van der Waals surface area contributed by atoms with Crippen LogP contribution in [0.2, 0.25) is 0 Å². The Balaban J connectivity index is 2.03. The van der Waals surface area contributed by atoms with Crippen LogP contribution in [0.25, 0.3) is 0 Å². The van der Waals surface area contributed by atoms with E-state index in [2.05, 4.69) is 42.1 Å². The minimum atomic E-state index is 0.00556. The van der Waals surface area contributed by atoms with Crippen molar-refractivity contribution in [2.75, 3.05) is 7.05 Å². The predicted molar refractivity (Wildman–Crippen MR) is 83.3 cm³/mol. The van der Waals surface area contributed by atoms with Gasteiger partial charge in [-0.25, -0.2) is 0 Å². The molecule has 0 fully saturated rings. The molecule has 0 bridgehead atoms. The number of likely N-dealkylation sites (N-methyl/N-ethyl adjacent to an activating group) is 1. The van der Waals surface area contributed by atoms with Crippen molar-refractivity contribution in [1.29, 1.82) is 0 Å². The summed E-state index contributed by atoms with van der Waals surface area (Å²) in [4.78, 5) is 6.79. The van der Waals surface area contributed by atoms with Crippen LogP contribution in [0.5, 0.6) is 0 Å². The Hall–Kier alpha value is -1.71. The molecule has 0 saturated carbocycles. The fraction of sp³-hybridized carbons (Fsp3) is 0.353. The summed E-state index contributed by atoms with van der Waals surface area (Å²) in [5.74, 6) is 0. The van der Waals surface area contributed by atoms with Crippen molar-refractivity contribution < 1.29 is 0 Å². The molecule has 1 aromatic heterocycles. The first-order chi connectivity index (χ1) is 9.58. The Bertz CT molecular complexity index is 539. The van der Waals surface area contributed by atoms with Crippen molar-refractivity contribution >= 4 is 0 Å². The molecular weight excluding hydrogens is 246 g/mol. The minimum Gasteiger partial charge on any atom is -0.323 e. The lowest BCUT2D eigenvalue weighted by Gasteiger charge is -2.29. The molecule has 20 heavy (non-hydrogen) atoms. The molecule has 2 unspecified atom stereocenters. The van der Waals surface area contributed by atoms with Gasteiger partial charge in [-0.15, -0.1) is 0 Å². The maximum absolute atomic E-state index is 6.36. The van der Waals surface area contributed by atoms with Crippen LogP contribution in [-0.2, 0) is 6.54 Å². The molecule has 0 aliphatic carbocycles. The van der Waals surface area contributed by atoms with Crippen LogP contribution in [0, 0.1) is 6.92 Å². The van der Waals surface area contributed by atoms with Crippen LogP contribution < -0.4 is 5.73 Å². The number of hydrogen-bond donors (Lipinski definition) is 1. The molecule has 2 aromatic rings. The zero-order valence-corrected chi connectivity index (χ0v) is 12.5. The summed E-state index contributed by atoms with van der Waals surface area (Å²) >= 11 is 0. The van der Waals surface area contributed by atoms with Gasteiger partial charge in [-0.05, 0) is 38.6 Å². The maximum Gasteiger partial charge on any atom is 0.0547 e. The third kappa shape index (κ3) is 3.65. The van der Waals surface area contributed by atoms with Crippen molar-refractivity contribution in [3.05, 3.63) is 65.5 Å². The summed E-state index contributed by atoms with van der Waals surface area (Å²) in [7, 11) is 2.09. The molecule has 0 radical (unpaired) electrons. The summed E-state index contributed by atoms with van der Waals surface area (Å²) in [6.07, 6.45) is 0. The standard InChI is InChI=1S/C17H23N3/c1-13-8-7-11-16(19-13)12-20(3)14(2)17(18)15-9-5-4-6-10-15/h4-11,14,17H,12,18H2,1-3H3. The third-order valence-electron chi connectivity index (χ3n) is 3.76. The molecule has 1 heterocycles. The molecule has 2 rings (SSSR count). The summed E-state index contributed by atoms with van der Waals surface area (Å²) in [6.45, 7) is 4.99. The van der Waals surface area contributed by atoms with Gasteiger partial charge in [0.15, 0.2) is 0 Å². The van der Waals surface area contributed by atoms with Gasteiger partial charge in [-0.3, -0.25) is 9.88 Å². The zero-order chi connectivity index (χ0) is 14.5. The highest BCUT2D eigenvalue weighted by atomic mass is 15.1. The number of benzene rings is 1. The largest absolute Gasteiger partial charge is 0.323 e. The molecule has 106 valence electrons. The van der Waals surface area contributed by atoms with E-state index in [1.807, 2.05) is 37.3 Å². The van der Waals surface area contributed by atoms with Gasteiger partial charge in [0.1, 0.15) is 0 Å². The smallest absolute Gasteiger partial charge is 0.0547 e. The summed E-state index contributed by atoms with van der Waals surface area (Å²) in [6, 6.07) is 16.6. The quantitative estimate of drug-likeness (QED) is 0.907. The van der Waals surface area contributed by atoms with Gasteiger partial charge in [0.05, 0.1) is 5.69 Å². The molecule has 0 amide bonds. The molecule has 3 heteroatoms. The number of aryl methyl sites for hydroxylation is 1. The monoisotopic (exact) mass is 269 g/mol. The zero-order valence-electron chi connectivity index (χ0n) is 12.5. The average molecular weight is 269 g/mol. The summed E-state index contributed by atoms with van der Waals surface area (Å²) in [5, 5.41) is 0. The van der Waals surface area contributed by atoms with E-state index in [1.165, 1.54) is 5.56 Å². The first-order valence-corrected chi connectivity index (χ1v) is 7.01. The van der Waals surface area contributed by atoms with Gasteiger partial charge in [0.2, 0.25) is 0 Å². The van der Waals surface area contributed by atoms with Gasteiger partial charge >= 0.3 is 0 Å².